The smallest absolute Gasteiger partial charge is 0.0970 e. The Hall–Kier alpha value is -3.78. The van der Waals surface area contributed by atoms with Gasteiger partial charge in [-0.2, -0.15) is 0 Å². The molecule has 0 spiro atoms. The van der Waals surface area contributed by atoms with Gasteiger partial charge in [0.1, 0.15) is 0 Å². The average molecular weight is 370 g/mol. The van der Waals surface area contributed by atoms with E-state index < -0.39 is 0 Å². The maximum Gasteiger partial charge on any atom is 0.0970 e. The van der Waals surface area contributed by atoms with Crippen molar-refractivity contribution in [3.63, 3.8) is 0 Å². The standard InChI is InChI=1S/C27H18N2/c1-17-19-9-2-4-11-21(19)25(22-12-5-3-10-20(17)22)24-16-18-8-6-14-28-26(18)27-23(24)13-7-15-29-27/h2-16H,1H3. The molecule has 0 amide bonds. The van der Waals surface area contributed by atoms with E-state index in [9.17, 15) is 0 Å². The van der Waals surface area contributed by atoms with Gasteiger partial charge in [0.05, 0.1) is 11.0 Å². The number of hydrogen-bond donors (Lipinski definition) is 0. The number of aryl methyl sites for hydroxylation is 1. The summed E-state index contributed by atoms with van der Waals surface area (Å²) >= 11 is 0. The number of hydrogen-bond acceptors (Lipinski definition) is 2. The predicted molar refractivity (Wildman–Crippen MR) is 122 cm³/mol. The Morgan fingerprint density at radius 3 is 1.79 bits per heavy atom. The van der Waals surface area contributed by atoms with Crippen molar-refractivity contribution < 1.29 is 0 Å². The van der Waals surface area contributed by atoms with Crippen molar-refractivity contribution in [3.8, 4) is 11.1 Å². The van der Waals surface area contributed by atoms with Crippen LogP contribution in [0, 0.1) is 6.92 Å². The van der Waals surface area contributed by atoms with Crippen LogP contribution in [0.15, 0.2) is 91.3 Å². The lowest BCUT2D eigenvalue weighted by atomic mass is 9.87. The van der Waals surface area contributed by atoms with E-state index in [-0.39, 0.29) is 0 Å². The summed E-state index contributed by atoms with van der Waals surface area (Å²) in [5.41, 5.74) is 5.71. The molecule has 0 bridgehead atoms. The summed E-state index contributed by atoms with van der Waals surface area (Å²) in [6, 6.07) is 28.0. The maximum absolute atomic E-state index is 4.71. The SMILES string of the molecule is Cc1c2ccccc2c(-c2cc3cccnc3c3ncccc23)c2ccccc12. The molecule has 0 aliphatic rings. The Balaban J connectivity index is 1.91. The van der Waals surface area contributed by atoms with Crippen LogP contribution in [0.2, 0.25) is 0 Å². The van der Waals surface area contributed by atoms with E-state index in [0.717, 1.165) is 21.8 Å². The van der Waals surface area contributed by atoms with Crippen LogP contribution >= 0.6 is 0 Å². The second-order valence-corrected chi connectivity index (χ2v) is 7.49. The van der Waals surface area contributed by atoms with Gasteiger partial charge in [0.15, 0.2) is 0 Å². The topological polar surface area (TPSA) is 25.8 Å². The molecule has 0 fully saturated rings. The van der Waals surface area contributed by atoms with Gasteiger partial charge in [0.25, 0.3) is 0 Å². The molecule has 29 heavy (non-hydrogen) atoms. The van der Waals surface area contributed by atoms with E-state index >= 15 is 0 Å². The number of fused-ring (bicyclic) bond motifs is 5. The average Bonchev–Trinajstić information content (AvgIpc) is 2.79. The van der Waals surface area contributed by atoms with Gasteiger partial charge in [0.2, 0.25) is 0 Å². The first-order valence-corrected chi connectivity index (χ1v) is 9.86. The molecule has 2 aromatic heterocycles. The van der Waals surface area contributed by atoms with Gasteiger partial charge in [-0.15, -0.1) is 0 Å². The molecule has 0 radical (unpaired) electrons. The molecule has 0 saturated heterocycles. The lowest BCUT2D eigenvalue weighted by Gasteiger charge is -2.17. The number of aromatic nitrogens is 2. The fourth-order valence-electron chi connectivity index (χ4n) is 4.62. The molecule has 2 heteroatoms. The Morgan fingerprint density at radius 1 is 0.552 bits per heavy atom. The van der Waals surface area contributed by atoms with Crippen LogP contribution in [0.4, 0.5) is 0 Å². The highest BCUT2D eigenvalue weighted by Gasteiger charge is 2.16. The third kappa shape index (κ3) is 2.29. The van der Waals surface area contributed by atoms with Crippen LogP contribution in [0.25, 0.3) is 54.5 Å². The van der Waals surface area contributed by atoms with E-state index in [2.05, 4.69) is 78.6 Å². The van der Waals surface area contributed by atoms with E-state index in [1.807, 2.05) is 24.5 Å². The molecule has 4 aromatic carbocycles. The molecule has 136 valence electrons. The van der Waals surface area contributed by atoms with Crippen molar-refractivity contribution >= 4 is 43.4 Å². The molecule has 2 heterocycles. The van der Waals surface area contributed by atoms with E-state index in [0.29, 0.717) is 0 Å². The first kappa shape index (κ1) is 16.2. The summed E-state index contributed by atoms with van der Waals surface area (Å²) in [4.78, 5) is 9.33. The van der Waals surface area contributed by atoms with Crippen molar-refractivity contribution in [3.05, 3.63) is 96.8 Å². The van der Waals surface area contributed by atoms with Gasteiger partial charge in [0, 0.05) is 23.2 Å². The lowest BCUT2D eigenvalue weighted by Crippen LogP contribution is -1.92. The van der Waals surface area contributed by atoms with Gasteiger partial charge in [-0.3, -0.25) is 9.97 Å². The van der Waals surface area contributed by atoms with Crippen LogP contribution in [-0.4, -0.2) is 9.97 Å². The first-order valence-electron chi connectivity index (χ1n) is 9.86. The quantitative estimate of drug-likeness (QED) is 0.229. The molecule has 0 atom stereocenters. The molecule has 0 unspecified atom stereocenters. The molecule has 0 aliphatic heterocycles. The second-order valence-electron chi connectivity index (χ2n) is 7.49. The molecule has 0 N–H and O–H groups in total. The predicted octanol–water partition coefficient (Wildman–Crippen LogP) is 7.06. The van der Waals surface area contributed by atoms with E-state index in [1.54, 1.807) is 0 Å². The molecular weight excluding hydrogens is 352 g/mol. The van der Waals surface area contributed by atoms with Crippen LogP contribution in [0.1, 0.15) is 5.56 Å². The summed E-state index contributed by atoms with van der Waals surface area (Å²) < 4.78 is 0. The first-order chi connectivity index (χ1) is 14.3. The zero-order valence-electron chi connectivity index (χ0n) is 16.1. The number of nitrogens with zero attached hydrogens (tertiary/aromatic N) is 2. The Morgan fingerprint density at radius 2 is 1.10 bits per heavy atom. The number of benzene rings is 4. The van der Waals surface area contributed by atoms with Crippen molar-refractivity contribution in [2.24, 2.45) is 0 Å². The minimum atomic E-state index is 0.951. The Bertz CT molecular complexity index is 1510. The van der Waals surface area contributed by atoms with Crippen molar-refractivity contribution in [1.82, 2.24) is 9.97 Å². The molecule has 6 rings (SSSR count). The summed E-state index contributed by atoms with van der Waals surface area (Å²) in [5, 5.41) is 7.39. The summed E-state index contributed by atoms with van der Waals surface area (Å²) in [7, 11) is 0. The monoisotopic (exact) mass is 370 g/mol. The minimum absolute atomic E-state index is 0.951. The number of rotatable bonds is 1. The summed E-state index contributed by atoms with van der Waals surface area (Å²) in [6.45, 7) is 2.22. The highest BCUT2D eigenvalue weighted by molar-refractivity contribution is 6.21. The molecule has 0 aliphatic carbocycles. The van der Waals surface area contributed by atoms with Gasteiger partial charge in [-0.25, -0.2) is 0 Å². The molecule has 2 nitrogen and oxygen atoms in total. The van der Waals surface area contributed by atoms with Crippen LogP contribution < -0.4 is 0 Å². The lowest BCUT2D eigenvalue weighted by molar-refractivity contribution is 1.37. The largest absolute Gasteiger partial charge is 0.254 e. The highest BCUT2D eigenvalue weighted by atomic mass is 14.7. The van der Waals surface area contributed by atoms with Gasteiger partial charge < -0.3 is 0 Å². The summed E-state index contributed by atoms with van der Waals surface area (Å²) in [6.07, 6.45) is 3.69. The second kappa shape index (κ2) is 6.11. The van der Waals surface area contributed by atoms with Crippen molar-refractivity contribution in [2.75, 3.05) is 0 Å². The number of pyridine rings is 2. The van der Waals surface area contributed by atoms with Crippen LogP contribution in [-0.2, 0) is 0 Å². The zero-order valence-corrected chi connectivity index (χ0v) is 16.1. The van der Waals surface area contributed by atoms with Crippen LogP contribution in [0.5, 0.6) is 0 Å². The fourth-order valence-corrected chi connectivity index (χ4v) is 4.62. The minimum Gasteiger partial charge on any atom is -0.254 e. The summed E-state index contributed by atoms with van der Waals surface area (Å²) in [5.74, 6) is 0. The highest BCUT2D eigenvalue weighted by Crippen LogP contribution is 2.42. The normalized spacial score (nSPS) is 11.6. The van der Waals surface area contributed by atoms with E-state index in [4.69, 9.17) is 4.98 Å². The van der Waals surface area contributed by atoms with Crippen LogP contribution in [0.3, 0.4) is 0 Å². The Labute approximate surface area is 168 Å². The maximum atomic E-state index is 4.71. The molecule has 6 aromatic rings. The van der Waals surface area contributed by atoms with Crippen molar-refractivity contribution in [1.29, 1.82) is 0 Å². The third-order valence-electron chi connectivity index (χ3n) is 5.93. The zero-order chi connectivity index (χ0) is 19.4. The van der Waals surface area contributed by atoms with Gasteiger partial charge in [-0.05, 0) is 63.4 Å². The van der Waals surface area contributed by atoms with Gasteiger partial charge >= 0.3 is 0 Å². The molecule has 0 saturated carbocycles. The third-order valence-corrected chi connectivity index (χ3v) is 5.93. The fraction of sp³-hybridized carbons (Fsp3) is 0.0370. The molecular formula is C27H18N2. The van der Waals surface area contributed by atoms with Gasteiger partial charge in [-0.1, -0.05) is 60.7 Å². The Kier molecular flexibility index (Phi) is 3.41. The van der Waals surface area contributed by atoms with Crippen molar-refractivity contribution in [2.45, 2.75) is 6.92 Å². The van der Waals surface area contributed by atoms with E-state index in [1.165, 1.54) is 38.2 Å².